The molecule has 0 aliphatic carbocycles. The molecule has 2 rings (SSSR count). The molecule has 1 heterocycles. The SMILES string of the molecule is CCCN(C/C(N)=N/O)C(=O)c1cc2ccc(F)cc2s1. The van der Waals surface area contributed by atoms with E-state index in [-0.39, 0.29) is 24.1 Å². The van der Waals surface area contributed by atoms with Crippen molar-refractivity contribution in [3.8, 4) is 0 Å². The minimum atomic E-state index is -0.328. The van der Waals surface area contributed by atoms with Crippen molar-refractivity contribution in [2.24, 2.45) is 10.9 Å². The lowest BCUT2D eigenvalue weighted by atomic mass is 10.2. The number of carbonyl (C=O) groups is 1. The largest absolute Gasteiger partial charge is 0.409 e. The van der Waals surface area contributed by atoms with Crippen LogP contribution in [-0.4, -0.2) is 34.9 Å². The first-order chi connectivity index (χ1) is 10.0. The Labute approximate surface area is 125 Å². The Balaban J connectivity index is 2.29. The van der Waals surface area contributed by atoms with Crippen LogP contribution in [-0.2, 0) is 0 Å². The highest BCUT2D eigenvalue weighted by molar-refractivity contribution is 7.20. The molecule has 0 aliphatic rings. The van der Waals surface area contributed by atoms with Crippen molar-refractivity contribution in [2.45, 2.75) is 13.3 Å². The Hall–Kier alpha value is -2.15. The lowest BCUT2D eigenvalue weighted by Gasteiger charge is -2.20. The number of hydrogen-bond donors (Lipinski definition) is 2. The summed E-state index contributed by atoms with van der Waals surface area (Å²) in [5.41, 5.74) is 5.47. The van der Waals surface area contributed by atoms with Gasteiger partial charge in [-0.2, -0.15) is 0 Å². The van der Waals surface area contributed by atoms with Crippen LogP contribution >= 0.6 is 11.3 Å². The van der Waals surface area contributed by atoms with Crippen LogP contribution in [0.2, 0.25) is 0 Å². The number of amidine groups is 1. The Morgan fingerprint density at radius 2 is 2.24 bits per heavy atom. The van der Waals surface area contributed by atoms with Crippen LogP contribution < -0.4 is 5.73 Å². The van der Waals surface area contributed by atoms with Gasteiger partial charge in [0.2, 0.25) is 0 Å². The van der Waals surface area contributed by atoms with E-state index in [1.54, 1.807) is 12.1 Å². The molecule has 0 saturated heterocycles. The second kappa shape index (κ2) is 6.53. The van der Waals surface area contributed by atoms with Crippen molar-refractivity contribution in [3.05, 3.63) is 35.0 Å². The molecule has 0 spiro atoms. The van der Waals surface area contributed by atoms with Crippen molar-refractivity contribution in [2.75, 3.05) is 13.1 Å². The van der Waals surface area contributed by atoms with E-state index in [0.29, 0.717) is 11.4 Å². The lowest BCUT2D eigenvalue weighted by Crippen LogP contribution is -2.38. The van der Waals surface area contributed by atoms with Crippen LogP contribution in [0.25, 0.3) is 10.1 Å². The maximum atomic E-state index is 13.2. The van der Waals surface area contributed by atoms with E-state index in [9.17, 15) is 9.18 Å². The van der Waals surface area contributed by atoms with Crippen LogP contribution in [0, 0.1) is 5.82 Å². The zero-order valence-corrected chi connectivity index (χ0v) is 12.4. The highest BCUT2D eigenvalue weighted by atomic mass is 32.1. The molecule has 0 unspecified atom stereocenters. The highest BCUT2D eigenvalue weighted by Crippen LogP contribution is 2.27. The Morgan fingerprint density at radius 1 is 1.48 bits per heavy atom. The smallest absolute Gasteiger partial charge is 0.264 e. The molecule has 3 N–H and O–H groups in total. The van der Waals surface area contributed by atoms with Crippen molar-refractivity contribution in [1.82, 2.24) is 4.90 Å². The molecule has 0 radical (unpaired) electrons. The molecule has 0 fully saturated rings. The summed E-state index contributed by atoms with van der Waals surface area (Å²) in [7, 11) is 0. The number of hydrogen-bond acceptors (Lipinski definition) is 4. The van der Waals surface area contributed by atoms with E-state index in [1.165, 1.54) is 28.4 Å². The van der Waals surface area contributed by atoms with Gasteiger partial charge in [-0.05, 0) is 30.0 Å². The second-order valence-electron chi connectivity index (χ2n) is 4.61. The molecule has 1 amide bonds. The first-order valence-electron chi connectivity index (χ1n) is 6.50. The molecule has 2 aromatic rings. The number of fused-ring (bicyclic) bond motifs is 1. The highest BCUT2D eigenvalue weighted by Gasteiger charge is 2.19. The normalized spacial score (nSPS) is 11.8. The molecule has 5 nitrogen and oxygen atoms in total. The number of thiophene rings is 1. The minimum absolute atomic E-state index is 0.0241. The number of nitrogens with zero attached hydrogens (tertiary/aromatic N) is 2. The van der Waals surface area contributed by atoms with Crippen molar-refractivity contribution in [3.63, 3.8) is 0 Å². The fourth-order valence-corrected chi connectivity index (χ4v) is 3.07. The number of halogens is 1. The van der Waals surface area contributed by atoms with Crippen molar-refractivity contribution < 1.29 is 14.4 Å². The molecular weight excluding hydrogens is 293 g/mol. The minimum Gasteiger partial charge on any atom is -0.409 e. The second-order valence-corrected chi connectivity index (χ2v) is 5.69. The van der Waals surface area contributed by atoms with E-state index < -0.39 is 0 Å². The van der Waals surface area contributed by atoms with Crippen LogP contribution in [0.4, 0.5) is 4.39 Å². The number of oxime groups is 1. The van der Waals surface area contributed by atoms with Gasteiger partial charge in [0, 0.05) is 11.2 Å². The number of carbonyl (C=O) groups excluding carboxylic acids is 1. The first-order valence-corrected chi connectivity index (χ1v) is 7.31. The summed E-state index contributed by atoms with van der Waals surface area (Å²) in [5, 5.41) is 12.4. The third kappa shape index (κ3) is 3.49. The predicted octanol–water partition coefficient (Wildman–Crippen LogP) is 2.64. The van der Waals surface area contributed by atoms with Gasteiger partial charge >= 0.3 is 0 Å². The molecule has 112 valence electrons. The van der Waals surface area contributed by atoms with Gasteiger partial charge in [-0.15, -0.1) is 11.3 Å². The van der Waals surface area contributed by atoms with E-state index in [0.717, 1.165) is 16.5 Å². The lowest BCUT2D eigenvalue weighted by molar-refractivity contribution is 0.0783. The Morgan fingerprint density at radius 3 is 2.90 bits per heavy atom. The summed E-state index contributed by atoms with van der Waals surface area (Å²) in [6.45, 7) is 2.50. The summed E-state index contributed by atoms with van der Waals surface area (Å²) < 4.78 is 13.9. The maximum Gasteiger partial charge on any atom is 0.264 e. The number of rotatable bonds is 5. The van der Waals surface area contributed by atoms with Crippen LogP contribution in [0.1, 0.15) is 23.0 Å². The summed E-state index contributed by atoms with van der Waals surface area (Å²) >= 11 is 1.23. The molecule has 0 bridgehead atoms. The number of benzene rings is 1. The van der Waals surface area contributed by atoms with Crippen LogP contribution in [0.15, 0.2) is 29.4 Å². The van der Waals surface area contributed by atoms with E-state index in [1.807, 2.05) is 6.92 Å². The average molecular weight is 309 g/mol. The molecule has 0 saturated carbocycles. The molecule has 21 heavy (non-hydrogen) atoms. The van der Waals surface area contributed by atoms with Crippen LogP contribution in [0.3, 0.4) is 0 Å². The first kappa shape index (κ1) is 15.2. The van der Waals surface area contributed by atoms with E-state index in [4.69, 9.17) is 10.9 Å². The van der Waals surface area contributed by atoms with E-state index >= 15 is 0 Å². The molecular formula is C14H16FN3O2S. The fourth-order valence-electron chi connectivity index (χ4n) is 2.02. The predicted molar refractivity (Wildman–Crippen MR) is 81.4 cm³/mol. The number of amides is 1. The van der Waals surface area contributed by atoms with Crippen LogP contribution in [0.5, 0.6) is 0 Å². The zero-order chi connectivity index (χ0) is 15.4. The van der Waals surface area contributed by atoms with Gasteiger partial charge in [0.15, 0.2) is 5.84 Å². The maximum absolute atomic E-state index is 13.2. The molecule has 0 aliphatic heterocycles. The van der Waals surface area contributed by atoms with Gasteiger partial charge in [0.1, 0.15) is 5.82 Å². The molecule has 7 heteroatoms. The van der Waals surface area contributed by atoms with Gasteiger partial charge in [0.05, 0.1) is 11.4 Å². The zero-order valence-electron chi connectivity index (χ0n) is 11.5. The summed E-state index contributed by atoms with van der Waals surface area (Å²) in [5.74, 6) is -0.556. The third-order valence-electron chi connectivity index (χ3n) is 2.95. The summed E-state index contributed by atoms with van der Waals surface area (Å²) in [6, 6.07) is 6.15. The van der Waals surface area contributed by atoms with E-state index in [2.05, 4.69) is 5.16 Å². The average Bonchev–Trinajstić information content (AvgIpc) is 2.88. The fraction of sp³-hybridized carbons (Fsp3) is 0.286. The monoisotopic (exact) mass is 309 g/mol. The molecule has 1 aromatic heterocycles. The van der Waals surface area contributed by atoms with Gasteiger partial charge in [-0.3, -0.25) is 4.79 Å². The van der Waals surface area contributed by atoms with Gasteiger partial charge in [0.25, 0.3) is 5.91 Å². The van der Waals surface area contributed by atoms with Gasteiger partial charge in [-0.25, -0.2) is 4.39 Å². The summed E-state index contributed by atoms with van der Waals surface area (Å²) in [4.78, 5) is 14.5. The third-order valence-corrected chi connectivity index (χ3v) is 4.04. The molecule has 0 atom stereocenters. The Kier molecular flexibility index (Phi) is 4.74. The molecule has 1 aromatic carbocycles. The van der Waals surface area contributed by atoms with Gasteiger partial charge in [-0.1, -0.05) is 18.1 Å². The Bertz CT molecular complexity index is 684. The topological polar surface area (TPSA) is 78.9 Å². The van der Waals surface area contributed by atoms with Crippen molar-refractivity contribution in [1.29, 1.82) is 0 Å². The van der Waals surface area contributed by atoms with Crippen molar-refractivity contribution >= 4 is 33.2 Å². The standard InChI is InChI=1S/C14H16FN3O2S/c1-2-5-18(8-13(16)17-20)14(19)12-6-9-3-4-10(15)7-11(9)21-12/h3-4,6-7,20H,2,5,8H2,1H3,(H2,16,17). The quantitative estimate of drug-likeness (QED) is 0.386. The number of nitrogens with two attached hydrogens (primary N) is 1. The summed E-state index contributed by atoms with van der Waals surface area (Å²) in [6.07, 6.45) is 0.754. The van der Waals surface area contributed by atoms with Gasteiger partial charge < -0.3 is 15.8 Å².